The number of hydrogen-bond donors (Lipinski definition) is 5. The molecule has 0 heterocycles. The fourth-order valence-electron chi connectivity index (χ4n) is 3.50. The van der Waals surface area contributed by atoms with Crippen LogP contribution in [-0.4, -0.2) is 53.5 Å². The molecule has 4 unspecified atom stereocenters. The van der Waals surface area contributed by atoms with Crippen molar-refractivity contribution in [2.75, 3.05) is 6.54 Å². The molecule has 9 nitrogen and oxygen atoms in total. The zero-order valence-electron chi connectivity index (χ0n) is 20.1. The SMILES string of the molecule is CCC(C)C(NC(=O)CNC(=O)C(Cc1ccccc1)NC(=O)C(N)Cc1ccccc1)C(=O)O. The van der Waals surface area contributed by atoms with Gasteiger partial charge in [0, 0.05) is 6.42 Å². The molecule has 0 aliphatic carbocycles. The molecule has 2 aromatic rings. The maximum absolute atomic E-state index is 12.9. The molecule has 0 bridgehead atoms. The third-order valence-corrected chi connectivity index (χ3v) is 5.77. The first-order valence-corrected chi connectivity index (χ1v) is 11.6. The topological polar surface area (TPSA) is 151 Å². The largest absolute Gasteiger partial charge is 0.480 e. The minimum atomic E-state index is -1.14. The molecule has 0 saturated heterocycles. The zero-order chi connectivity index (χ0) is 25.8. The van der Waals surface area contributed by atoms with Gasteiger partial charge in [-0.25, -0.2) is 4.79 Å². The highest BCUT2D eigenvalue weighted by Crippen LogP contribution is 2.08. The molecule has 0 aliphatic rings. The first-order chi connectivity index (χ1) is 16.7. The van der Waals surface area contributed by atoms with E-state index in [0.29, 0.717) is 12.8 Å². The van der Waals surface area contributed by atoms with Gasteiger partial charge in [-0.15, -0.1) is 0 Å². The minimum absolute atomic E-state index is 0.197. The van der Waals surface area contributed by atoms with E-state index in [1.807, 2.05) is 67.6 Å². The second-order valence-electron chi connectivity index (χ2n) is 8.53. The molecular formula is C26H34N4O5. The highest BCUT2D eigenvalue weighted by molar-refractivity contribution is 5.92. The number of nitrogens with one attached hydrogen (secondary N) is 3. The maximum Gasteiger partial charge on any atom is 0.326 e. The van der Waals surface area contributed by atoms with Gasteiger partial charge in [0.05, 0.1) is 12.6 Å². The van der Waals surface area contributed by atoms with Gasteiger partial charge in [0.15, 0.2) is 0 Å². The molecule has 9 heteroatoms. The lowest BCUT2D eigenvalue weighted by Crippen LogP contribution is -2.55. The summed E-state index contributed by atoms with van der Waals surface area (Å²) in [6.07, 6.45) is 1.07. The number of rotatable bonds is 13. The summed E-state index contributed by atoms with van der Waals surface area (Å²) in [6.45, 7) is 3.13. The summed E-state index contributed by atoms with van der Waals surface area (Å²) in [6, 6.07) is 15.6. The summed E-state index contributed by atoms with van der Waals surface area (Å²) in [7, 11) is 0. The number of aliphatic carboxylic acids is 1. The van der Waals surface area contributed by atoms with Crippen molar-refractivity contribution >= 4 is 23.7 Å². The lowest BCUT2D eigenvalue weighted by atomic mass is 9.99. The third-order valence-electron chi connectivity index (χ3n) is 5.77. The molecule has 6 N–H and O–H groups in total. The molecule has 0 aromatic heterocycles. The van der Waals surface area contributed by atoms with Crippen LogP contribution in [0.5, 0.6) is 0 Å². The van der Waals surface area contributed by atoms with Gasteiger partial charge >= 0.3 is 5.97 Å². The molecule has 0 radical (unpaired) electrons. The quantitative estimate of drug-likeness (QED) is 0.288. The predicted octanol–water partition coefficient (Wildman–Crippen LogP) is 1.02. The zero-order valence-corrected chi connectivity index (χ0v) is 20.1. The van der Waals surface area contributed by atoms with Crippen LogP contribution < -0.4 is 21.7 Å². The Morgan fingerprint density at radius 3 is 1.91 bits per heavy atom. The average molecular weight is 483 g/mol. The summed E-state index contributed by atoms with van der Waals surface area (Å²) in [4.78, 5) is 49.4. The third kappa shape index (κ3) is 9.21. The number of benzene rings is 2. The van der Waals surface area contributed by atoms with Crippen molar-refractivity contribution in [3.8, 4) is 0 Å². The highest BCUT2D eigenvalue weighted by Gasteiger charge is 2.27. The van der Waals surface area contributed by atoms with Gasteiger partial charge in [-0.1, -0.05) is 80.9 Å². The van der Waals surface area contributed by atoms with Crippen molar-refractivity contribution in [1.29, 1.82) is 0 Å². The summed E-state index contributed by atoms with van der Waals surface area (Å²) in [5.41, 5.74) is 7.78. The molecule has 4 atom stereocenters. The van der Waals surface area contributed by atoms with E-state index < -0.39 is 48.4 Å². The van der Waals surface area contributed by atoms with E-state index in [1.165, 1.54) is 0 Å². The van der Waals surface area contributed by atoms with Crippen LogP contribution in [0.25, 0.3) is 0 Å². The number of amides is 3. The van der Waals surface area contributed by atoms with E-state index >= 15 is 0 Å². The summed E-state index contributed by atoms with van der Waals surface area (Å²) in [5, 5.41) is 17.0. The molecule has 35 heavy (non-hydrogen) atoms. The van der Waals surface area contributed by atoms with E-state index in [-0.39, 0.29) is 12.3 Å². The van der Waals surface area contributed by atoms with Gasteiger partial charge in [0.2, 0.25) is 17.7 Å². The Labute approximate surface area is 205 Å². The van der Waals surface area contributed by atoms with Crippen LogP contribution in [0, 0.1) is 5.92 Å². The van der Waals surface area contributed by atoms with Crippen molar-refractivity contribution in [1.82, 2.24) is 16.0 Å². The Kier molecular flexibility index (Phi) is 10.9. The van der Waals surface area contributed by atoms with E-state index in [1.54, 1.807) is 6.92 Å². The van der Waals surface area contributed by atoms with Crippen LogP contribution in [0.4, 0.5) is 0 Å². The molecule has 188 valence electrons. The number of hydrogen-bond acceptors (Lipinski definition) is 5. The normalized spacial score (nSPS) is 14.1. The number of carboxylic acids is 1. The van der Waals surface area contributed by atoms with E-state index in [4.69, 9.17) is 5.73 Å². The van der Waals surface area contributed by atoms with Crippen molar-refractivity contribution in [3.63, 3.8) is 0 Å². The Bertz CT molecular complexity index is 984. The van der Waals surface area contributed by atoms with Crippen LogP contribution in [0.3, 0.4) is 0 Å². The summed E-state index contributed by atoms with van der Waals surface area (Å²) >= 11 is 0. The van der Waals surface area contributed by atoms with Gasteiger partial charge in [-0.2, -0.15) is 0 Å². The lowest BCUT2D eigenvalue weighted by molar-refractivity contribution is -0.143. The monoisotopic (exact) mass is 482 g/mol. The molecule has 3 amide bonds. The number of carboxylic acid groups (broad SMARTS) is 1. The fourth-order valence-corrected chi connectivity index (χ4v) is 3.50. The maximum atomic E-state index is 12.9. The van der Waals surface area contributed by atoms with Crippen LogP contribution in [0.1, 0.15) is 31.4 Å². The predicted molar refractivity (Wildman–Crippen MR) is 132 cm³/mol. The van der Waals surface area contributed by atoms with E-state index in [0.717, 1.165) is 11.1 Å². The first-order valence-electron chi connectivity index (χ1n) is 11.6. The van der Waals surface area contributed by atoms with Gasteiger partial charge in [-0.05, 0) is 23.5 Å². The minimum Gasteiger partial charge on any atom is -0.480 e. The van der Waals surface area contributed by atoms with Crippen molar-refractivity contribution in [3.05, 3.63) is 71.8 Å². The van der Waals surface area contributed by atoms with Crippen LogP contribution in [0.2, 0.25) is 0 Å². The van der Waals surface area contributed by atoms with Gasteiger partial charge in [0.25, 0.3) is 0 Å². The molecule has 2 rings (SSSR count). The Morgan fingerprint density at radius 1 is 0.857 bits per heavy atom. The Balaban J connectivity index is 2.03. The molecular weight excluding hydrogens is 448 g/mol. The van der Waals surface area contributed by atoms with E-state index in [9.17, 15) is 24.3 Å². The standard InChI is InChI=1S/C26H34N4O5/c1-3-17(2)23(26(34)35)30-22(31)16-28-25(33)21(15-19-12-8-5-9-13-19)29-24(32)20(27)14-18-10-6-4-7-11-18/h4-13,17,20-21,23H,3,14-16,27H2,1-2H3,(H,28,33)(H,29,32)(H,30,31)(H,34,35). The van der Waals surface area contributed by atoms with Gasteiger partial charge in [0.1, 0.15) is 12.1 Å². The van der Waals surface area contributed by atoms with Crippen LogP contribution in [0.15, 0.2) is 60.7 Å². The Hall–Kier alpha value is -3.72. The Morgan fingerprint density at radius 2 is 1.40 bits per heavy atom. The molecule has 0 aliphatic heterocycles. The molecule has 0 fully saturated rings. The van der Waals surface area contributed by atoms with Gasteiger partial charge in [-0.3, -0.25) is 14.4 Å². The number of carbonyl (C=O) groups is 4. The van der Waals surface area contributed by atoms with Crippen molar-refractivity contribution < 1.29 is 24.3 Å². The second kappa shape index (κ2) is 13.9. The van der Waals surface area contributed by atoms with Crippen LogP contribution in [-0.2, 0) is 32.0 Å². The summed E-state index contributed by atoms with van der Waals surface area (Å²) < 4.78 is 0. The molecule has 0 spiro atoms. The number of carbonyl (C=O) groups excluding carboxylic acids is 3. The fraction of sp³-hybridized carbons (Fsp3) is 0.385. The number of nitrogens with two attached hydrogens (primary N) is 1. The van der Waals surface area contributed by atoms with Crippen molar-refractivity contribution in [2.24, 2.45) is 11.7 Å². The summed E-state index contributed by atoms with van der Waals surface area (Å²) in [5.74, 6) is -3.10. The first kappa shape index (κ1) is 27.5. The van der Waals surface area contributed by atoms with E-state index in [2.05, 4.69) is 16.0 Å². The smallest absolute Gasteiger partial charge is 0.326 e. The van der Waals surface area contributed by atoms with Crippen molar-refractivity contribution in [2.45, 2.75) is 51.2 Å². The van der Waals surface area contributed by atoms with Gasteiger partial charge < -0.3 is 26.8 Å². The second-order valence-corrected chi connectivity index (χ2v) is 8.53. The molecule has 2 aromatic carbocycles. The van der Waals surface area contributed by atoms with Crippen LogP contribution >= 0.6 is 0 Å². The highest BCUT2D eigenvalue weighted by atomic mass is 16.4. The molecule has 0 saturated carbocycles. The average Bonchev–Trinajstić information content (AvgIpc) is 2.85. The lowest BCUT2D eigenvalue weighted by Gasteiger charge is -2.22.